The summed E-state index contributed by atoms with van der Waals surface area (Å²) in [6, 6.07) is 18.9. The first-order valence-corrected chi connectivity index (χ1v) is 9.53. The van der Waals surface area contributed by atoms with E-state index in [1.54, 1.807) is 6.20 Å². The molecule has 0 amide bonds. The summed E-state index contributed by atoms with van der Waals surface area (Å²) in [6.07, 6.45) is 1.65. The van der Waals surface area contributed by atoms with Crippen molar-refractivity contribution in [3.8, 4) is 22.8 Å². The van der Waals surface area contributed by atoms with E-state index in [9.17, 15) is 8.42 Å². The quantitative estimate of drug-likeness (QED) is 0.784. The summed E-state index contributed by atoms with van der Waals surface area (Å²) < 4.78 is 32.1. The van der Waals surface area contributed by atoms with Gasteiger partial charge in [-0.1, -0.05) is 36.4 Å². The van der Waals surface area contributed by atoms with E-state index in [0.29, 0.717) is 12.3 Å². The van der Waals surface area contributed by atoms with Gasteiger partial charge in [0, 0.05) is 12.1 Å². The molecule has 0 saturated heterocycles. The lowest BCUT2D eigenvalue weighted by Crippen LogP contribution is -2.30. The van der Waals surface area contributed by atoms with Crippen LogP contribution in [0.3, 0.4) is 0 Å². The normalized spacial score (nSPS) is 15.4. The van der Waals surface area contributed by atoms with Gasteiger partial charge in [-0.3, -0.25) is 4.98 Å². The van der Waals surface area contributed by atoms with Crippen LogP contribution in [-0.4, -0.2) is 13.4 Å². The number of ether oxygens (including phenoxy) is 1. The number of hydrogen-bond donors (Lipinski definition) is 1. The molecule has 0 bridgehead atoms. The molecule has 0 unspecified atom stereocenters. The van der Waals surface area contributed by atoms with E-state index < -0.39 is 10.0 Å². The zero-order chi connectivity index (χ0) is 17.3. The van der Waals surface area contributed by atoms with E-state index in [1.807, 2.05) is 60.7 Å². The summed E-state index contributed by atoms with van der Waals surface area (Å²) in [5, 5.41) is 0. The second kappa shape index (κ2) is 6.31. The number of benzene rings is 2. The molecule has 0 aliphatic carbocycles. The van der Waals surface area contributed by atoms with Crippen LogP contribution in [0.2, 0.25) is 0 Å². The fraction of sp³-hybridized carbons (Fsp3) is 0.105. The number of para-hydroxylation sites is 1. The smallest absolute Gasteiger partial charge is 0.216 e. The van der Waals surface area contributed by atoms with Crippen molar-refractivity contribution in [3.63, 3.8) is 0 Å². The van der Waals surface area contributed by atoms with Crippen LogP contribution >= 0.6 is 0 Å². The number of hydrogen-bond acceptors (Lipinski definition) is 4. The van der Waals surface area contributed by atoms with Gasteiger partial charge < -0.3 is 4.74 Å². The summed E-state index contributed by atoms with van der Waals surface area (Å²) in [7, 11) is -3.28. The minimum absolute atomic E-state index is 0.0253. The van der Waals surface area contributed by atoms with Gasteiger partial charge >= 0.3 is 0 Å². The van der Waals surface area contributed by atoms with Gasteiger partial charge in [-0.2, -0.15) is 0 Å². The van der Waals surface area contributed by atoms with Gasteiger partial charge in [-0.15, -0.1) is 0 Å². The van der Waals surface area contributed by atoms with E-state index in [2.05, 4.69) is 9.71 Å². The van der Waals surface area contributed by atoms with E-state index in [-0.39, 0.29) is 5.75 Å². The topological polar surface area (TPSA) is 68.3 Å². The highest BCUT2D eigenvalue weighted by atomic mass is 32.2. The minimum Gasteiger partial charge on any atom is -0.456 e. The van der Waals surface area contributed by atoms with Crippen molar-refractivity contribution in [3.05, 3.63) is 78.0 Å². The Kier molecular flexibility index (Phi) is 3.99. The maximum absolute atomic E-state index is 11.9. The maximum atomic E-state index is 11.9. The van der Waals surface area contributed by atoms with Crippen molar-refractivity contribution in [2.24, 2.45) is 0 Å². The van der Waals surface area contributed by atoms with Crippen molar-refractivity contribution in [2.75, 3.05) is 0 Å². The van der Waals surface area contributed by atoms with Crippen LogP contribution in [0.25, 0.3) is 11.3 Å². The summed E-state index contributed by atoms with van der Waals surface area (Å²) in [6.45, 7) is 0.320. The highest BCUT2D eigenvalue weighted by Gasteiger charge is 2.23. The molecule has 0 saturated carbocycles. The van der Waals surface area contributed by atoms with Crippen molar-refractivity contribution in [1.29, 1.82) is 0 Å². The van der Waals surface area contributed by atoms with Crippen molar-refractivity contribution < 1.29 is 13.2 Å². The Balaban J connectivity index is 1.65. The highest BCUT2D eigenvalue weighted by molar-refractivity contribution is 7.88. The molecule has 0 atom stereocenters. The van der Waals surface area contributed by atoms with Crippen LogP contribution in [0.5, 0.6) is 11.5 Å². The Labute approximate surface area is 146 Å². The third-order valence-corrected chi connectivity index (χ3v) is 5.33. The highest BCUT2D eigenvalue weighted by Crippen LogP contribution is 2.30. The van der Waals surface area contributed by atoms with Crippen LogP contribution in [0, 0.1) is 0 Å². The first kappa shape index (κ1) is 15.8. The molecule has 1 aromatic heterocycles. The van der Waals surface area contributed by atoms with Crippen LogP contribution in [-0.2, 0) is 22.3 Å². The van der Waals surface area contributed by atoms with Crippen LogP contribution in [0.4, 0.5) is 0 Å². The lowest BCUT2D eigenvalue weighted by atomic mass is 9.99. The molecule has 0 fully saturated rings. The monoisotopic (exact) mass is 352 g/mol. The number of nitrogens with zero attached hydrogens (tertiary/aromatic N) is 1. The van der Waals surface area contributed by atoms with Crippen LogP contribution in [0.15, 0.2) is 66.9 Å². The molecule has 2 heterocycles. The molecule has 1 aliphatic rings. The molecule has 6 heteroatoms. The Bertz CT molecular complexity index is 1000. The average molecular weight is 352 g/mol. The summed E-state index contributed by atoms with van der Waals surface area (Å²) in [4.78, 5) is 4.46. The number of fused-ring (bicyclic) bond motifs is 1. The van der Waals surface area contributed by atoms with Crippen LogP contribution in [0.1, 0.15) is 11.1 Å². The molecule has 5 nitrogen and oxygen atoms in total. The second-order valence-electron chi connectivity index (χ2n) is 5.82. The van der Waals surface area contributed by atoms with Crippen molar-refractivity contribution in [2.45, 2.75) is 12.3 Å². The third-order valence-electron chi connectivity index (χ3n) is 4.08. The molecule has 0 radical (unpaired) electrons. The lowest BCUT2D eigenvalue weighted by molar-refractivity contribution is 0.480. The predicted octanol–water partition coefficient (Wildman–Crippen LogP) is 3.47. The fourth-order valence-corrected chi connectivity index (χ4v) is 4.06. The third kappa shape index (κ3) is 3.40. The molecule has 0 spiro atoms. The molecule has 3 aromatic rings. The first-order valence-electron chi connectivity index (χ1n) is 7.88. The van der Waals surface area contributed by atoms with Gasteiger partial charge in [-0.25, -0.2) is 13.1 Å². The standard InChI is InChI=1S/C19H16N2O3S/c22-25(23)13-18-14(11-21-25)5-4-8-17(18)19-10-9-16(12-20-19)24-15-6-2-1-3-7-15/h1-10,12,21H,11,13H2. The molecule has 126 valence electrons. The molecular formula is C19H16N2O3S. The first-order chi connectivity index (χ1) is 12.1. The van der Waals surface area contributed by atoms with Gasteiger partial charge in [0.25, 0.3) is 0 Å². The number of rotatable bonds is 3. The number of aromatic nitrogens is 1. The molecule has 4 rings (SSSR count). The number of nitrogens with one attached hydrogen (secondary N) is 1. The van der Waals surface area contributed by atoms with Gasteiger partial charge in [-0.05, 0) is 35.4 Å². The van der Waals surface area contributed by atoms with Gasteiger partial charge in [0.2, 0.25) is 10.0 Å². The molecule has 2 aromatic carbocycles. The SMILES string of the molecule is O=S1(=O)Cc2c(cccc2-c2ccc(Oc3ccccc3)cn2)CN1. The van der Waals surface area contributed by atoms with Crippen molar-refractivity contribution in [1.82, 2.24) is 9.71 Å². The average Bonchev–Trinajstić information content (AvgIpc) is 2.62. The summed E-state index contributed by atoms with van der Waals surface area (Å²) in [5.41, 5.74) is 3.37. The largest absolute Gasteiger partial charge is 0.456 e. The zero-order valence-electron chi connectivity index (χ0n) is 13.3. The van der Waals surface area contributed by atoms with E-state index in [1.165, 1.54) is 0 Å². The Morgan fingerprint density at radius 1 is 0.920 bits per heavy atom. The van der Waals surface area contributed by atoms with Crippen molar-refractivity contribution >= 4 is 10.0 Å². The van der Waals surface area contributed by atoms with Crippen LogP contribution < -0.4 is 9.46 Å². The van der Waals surface area contributed by atoms with Gasteiger partial charge in [0.05, 0.1) is 17.6 Å². The molecule has 1 N–H and O–H groups in total. The second-order valence-corrected chi connectivity index (χ2v) is 7.62. The van der Waals surface area contributed by atoms with E-state index in [4.69, 9.17) is 4.74 Å². The Hall–Kier alpha value is -2.70. The molecule has 25 heavy (non-hydrogen) atoms. The number of pyridine rings is 1. The summed E-state index contributed by atoms with van der Waals surface area (Å²) >= 11 is 0. The number of sulfonamides is 1. The minimum atomic E-state index is -3.28. The maximum Gasteiger partial charge on any atom is 0.216 e. The Morgan fingerprint density at radius 2 is 1.76 bits per heavy atom. The van der Waals surface area contributed by atoms with Gasteiger partial charge in [0.1, 0.15) is 11.5 Å². The van der Waals surface area contributed by atoms with E-state index in [0.717, 1.165) is 28.1 Å². The summed E-state index contributed by atoms with van der Waals surface area (Å²) in [5.74, 6) is 1.35. The molecule has 1 aliphatic heterocycles. The van der Waals surface area contributed by atoms with Gasteiger partial charge in [0.15, 0.2) is 0 Å². The predicted molar refractivity (Wildman–Crippen MR) is 95.7 cm³/mol. The lowest BCUT2D eigenvalue weighted by Gasteiger charge is -2.20. The van der Waals surface area contributed by atoms with E-state index >= 15 is 0 Å². The Morgan fingerprint density at radius 3 is 2.52 bits per heavy atom. The molecular weight excluding hydrogens is 336 g/mol. The zero-order valence-corrected chi connectivity index (χ0v) is 14.2. The fourth-order valence-electron chi connectivity index (χ4n) is 2.86.